The summed E-state index contributed by atoms with van der Waals surface area (Å²) in [7, 11) is 0. The Morgan fingerprint density at radius 3 is 2.30 bits per heavy atom. The number of ether oxygens (including phenoxy) is 1. The van der Waals surface area contributed by atoms with E-state index in [0.29, 0.717) is 17.4 Å². The predicted molar refractivity (Wildman–Crippen MR) is 93.5 cm³/mol. The first-order chi connectivity index (χ1) is 13.0. The summed E-state index contributed by atoms with van der Waals surface area (Å²) in [5.74, 6) is -0.386. The van der Waals surface area contributed by atoms with Crippen molar-refractivity contribution < 1.29 is 23.9 Å². The molecule has 4 aliphatic carbocycles. The van der Waals surface area contributed by atoms with Gasteiger partial charge in [-0.15, -0.1) is 0 Å². The molecule has 1 aromatic rings. The molecule has 2 saturated carbocycles. The van der Waals surface area contributed by atoms with Crippen molar-refractivity contribution in [2.45, 2.75) is 13.3 Å². The SMILES string of the molecule is CC(=O)c1cccc(OC(=O)CN2C(=O)[C@@H]3[C@H]4C=C[C@@H]([C@@H]5C[C@@H]45)[C@@H]3C2=O)c1. The van der Waals surface area contributed by atoms with Gasteiger partial charge >= 0.3 is 5.97 Å². The molecule has 6 rings (SSSR count). The van der Waals surface area contributed by atoms with Crippen LogP contribution >= 0.6 is 0 Å². The smallest absolute Gasteiger partial charge is 0.331 e. The topological polar surface area (TPSA) is 80.8 Å². The second-order valence-electron chi connectivity index (χ2n) is 7.98. The molecule has 1 heterocycles. The maximum atomic E-state index is 12.9. The van der Waals surface area contributed by atoms with Crippen LogP contribution < -0.4 is 4.74 Å². The molecular weight excluding hydrogens is 346 g/mol. The summed E-state index contributed by atoms with van der Waals surface area (Å²) >= 11 is 0. The van der Waals surface area contributed by atoms with E-state index >= 15 is 0 Å². The molecule has 6 nitrogen and oxygen atoms in total. The molecule has 0 radical (unpaired) electrons. The van der Waals surface area contributed by atoms with Gasteiger partial charge in [0, 0.05) is 5.56 Å². The largest absolute Gasteiger partial charge is 0.425 e. The van der Waals surface area contributed by atoms with E-state index in [2.05, 4.69) is 12.2 Å². The Morgan fingerprint density at radius 1 is 1.07 bits per heavy atom. The molecule has 0 N–H and O–H groups in total. The van der Waals surface area contributed by atoms with E-state index in [4.69, 9.17) is 4.74 Å². The van der Waals surface area contributed by atoms with Crippen LogP contribution in [0.15, 0.2) is 36.4 Å². The molecule has 1 aromatic carbocycles. The van der Waals surface area contributed by atoms with Crippen LogP contribution in [0.1, 0.15) is 23.7 Å². The van der Waals surface area contributed by atoms with Gasteiger partial charge in [0.1, 0.15) is 12.3 Å². The Hall–Kier alpha value is -2.76. The average Bonchev–Trinajstić information content (AvgIpc) is 3.43. The highest BCUT2D eigenvalue weighted by atomic mass is 16.5. The number of esters is 1. The number of likely N-dealkylation sites (tertiary alicyclic amines) is 1. The zero-order valence-electron chi connectivity index (χ0n) is 14.8. The molecule has 3 fully saturated rings. The van der Waals surface area contributed by atoms with Gasteiger partial charge < -0.3 is 4.74 Å². The number of hydrogen-bond acceptors (Lipinski definition) is 5. The van der Waals surface area contributed by atoms with Crippen molar-refractivity contribution >= 4 is 23.6 Å². The zero-order chi connectivity index (χ0) is 18.9. The summed E-state index contributed by atoms with van der Waals surface area (Å²) in [4.78, 5) is 50.6. The van der Waals surface area contributed by atoms with Gasteiger partial charge in [-0.2, -0.15) is 0 Å². The third kappa shape index (κ3) is 2.39. The minimum absolute atomic E-state index is 0.134. The molecule has 0 aromatic heterocycles. The van der Waals surface area contributed by atoms with E-state index in [0.717, 1.165) is 11.3 Å². The number of amides is 2. The molecule has 6 heteroatoms. The van der Waals surface area contributed by atoms with Crippen LogP contribution in [0.2, 0.25) is 0 Å². The van der Waals surface area contributed by atoms with Crippen LogP contribution in [-0.4, -0.2) is 35.0 Å². The van der Waals surface area contributed by atoms with Gasteiger partial charge in [0.15, 0.2) is 5.78 Å². The van der Waals surface area contributed by atoms with Crippen LogP contribution in [0.5, 0.6) is 5.75 Å². The van der Waals surface area contributed by atoms with Gasteiger partial charge in [0.05, 0.1) is 11.8 Å². The van der Waals surface area contributed by atoms with Crippen molar-refractivity contribution in [3.63, 3.8) is 0 Å². The first-order valence-corrected chi connectivity index (χ1v) is 9.31. The minimum Gasteiger partial charge on any atom is -0.425 e. The van der Waals surface area contributed by atoms with Crippen molar-refractivity contribution in [2.75, 3.05) is 6.54 Å². The summed E-state index contributed by atoms with van der Waals surface area (Å²) in [6, 6.07) is 6.29. The Labute approximate surface area is 156 Å². The number of allylic oxidation sites excluding steroid dienone is 2. The number of nitrogens with zero attached hydrogens (tertiary/aromatic N) is 1. The Balaban J connectivity index is 1.31. The summed E-state index contributed by atoms with van der Waals surface area (Å²) in [5, 5.41) is 0. The van der Waals surface area contributed by atoms with E-state index in [1.807, 2.05) is 0 Å². The van der Waals surface area contributed by atoms with Gasteiger partial charge in [-0.05, 0) is 49.1 Å². The van der Waals surface area contributed by atoms with Gasteiger partial charge in [0.2, 0.25) is 11.8 Å². The normalized spacial score (nSPS) is 35.1. The van der Waals surface area contributed by atoms with E-state index in [1.165, 1.54) is 13.0 Å². The quantitative estimate of drug-likeness (QED) is 0.267. The fourth-order valence-electron chi connectivity index (χ4n) is 5.25. The zero-order valence-corrected chi connectivity index (χ0v) is 14.8. The van der Waals surface area contributed by atoms with Gasteiger partial charge in [0.25, 0.3) is 0 Å². The highest BCUT2D eigenvalue weighted by Crippen LogP contribution is 2.65. The fraction of sp³-hybridized carbons (Fsp3) is 0.429. The summed E-state index contributed by atoms with van der Waals surface area (Å²) < 4.78 is 5.26. The molecule has 2 amide bonds. The number of rotatable bonds is 4. The van der Waals surface area contributed by atoms with Gasteiger partial charge in [-0.25, -0.2) is 4.79 Å². The van der Waals surface area contributed by atoms with E-state index in [9.17, 15) is 19.2 Å². The predicted octanol–water partition coefficient (Wildman–Crippen LogP) is 1.85. The Morgan fingerprint density at radius 2 is 1.70 bits per heavy atom. The number of imide groups is 1. The molecule has 1 saturated heterocycles. The summed E-state index contributed by atoms with van der Waals surface area (Å²) in [5.41, 5.74) is 0.432. The molecule has 138 valence electrons. The number of carbonyl (C=O) groups is 4. The minimum atomic E-state index is -0.679. The van der Waals surface area contributed by atoms with Gasteiger partial charge in [-0.1, -0.05) is 24.3 Å². The van der Waals surface area contributed by atoms with Gasteiger partial charge in [-0.3, -0.25) is 19.3 Å². The lowest BCUT2D eigenvalue weighted by Crippen LogP contribution is -2.40. The lowest BCUT2D eigenvalue weighted by atomic mass is 9.63. The number of ketones is 1. The maximum absolute atomic E-state index is 12.9. The average molecular weight is 365 g/mol. The van der Waals surface area contributed by atoms with Crippen LogP contribution in [0.3, 0.4) is 0 Å². The number of hydrogen-bond donors (Lipinski definition) is 0. The number of Topliss-reactive ketones (excluding diaryl/α,β-unsaturated/α-hetero) is 1. The van der Waals surface area contributed by atoms with E-state index in [-0.39, 0.29) is 53.6 Å². The standard InChI is InChI=1S/C21H19NO5/c1-10(23)11-3-2-4-12(7-11)27-17(24)9-22-20(25)18-13-5-6-14(16-8-15(13)16)19(18)21(22)26/h2-7,13-16,18-19H,8-9H2,1H3/t13-,14-,15-,16-,18-,19+/m0/s1. The van der Waals surface area contributed by atoms with Crippen molar-refractivity contribution in [3.05, 3.63) is 42.0 Å². The molecule has 6 atom stereocenters. The van der Waals surface area contributed by atoms with Crippen LogP contribution in [-0.2, 0) is 14.4 Å². The maximum Gasteiger partial charge on any atom is 0.331 e. The Bertz CT molecular complexity index is 883. The van der Waals surface area contributed by atoms with Crippen molar-refractivity contribution in [2.24, 2.45) is 35.5 Å². The number of benzene rings is 1. The molecule has 0 spiro atoms. The summed E-state index contributed by atoms with van der Waals surface area (Å²) in [6.45, 7) is 1.04. The van der Waals surface area contributed by atoms with Crippen molar-refractivity contribution in [1.82, 2.24) is 4.90 Å². The van der Waals surface area contributed by atoms with Crippen LogP contribution in [0, 0.1) is 35.5 Å². The van der Waals surface area contributed by atoms with Crippen LogP contribution in [0.4, 0.5) is 0 Å². The molecule has 27 heavy (non-hydrogen) atoms. The fourth-order valence-corrected chi connectivity index (χ4v) is 5.25. The molecule has 1 aliphatic heterocycles. The molecule has 0 unspecified atom stereocenters. The summed E-state index contributed by atoms with van der Waals surface area (Å²) in [6.07, 6.45) is 5.30. The van der Waals surface area contributed by atoms with Crippen molar-refractivity contribution in [3.8, 4) is 5.75 Å². The lowest BCUT2D eigenvalue weighted by Gasteiger charge is -2.37. The highest BCUT2D eigenvalue weighted by Gasteiger charge is 2.67. The molecule has 2 bridgehead atoms. The van der Waals surface area contributed by atoms with Crippen molar-refractivity contribution in [1.29, 1.82) is 0 Å². The first-order valence-electron chi connectivity index (χ1n) is 9.31. The Kier molecular flexibility index (Phi) is 3.41. The monoisotopic (exact) mass is 365 g/mol. The van der Waals surface area contributed by atoms with E-state index < -0.39 is 5.97 Å². The molecule has 5 aliphatic rings. The second kappa shape index (κ2) is 5.62. The van der Waals surface area contributed by atoms with E-state index in [1.54, 1.807) is 18.2 Å². The third-order valence-electron chi connectivity index (χ3n) is 6.51. The first kappa shape index (κ1) is 16.4. The second-order valence-corrected chi connectivity index (χ2v) is 7.98. The third-order valence-corrected chi connectivity index (χ3v) is 6.51. The highest BCUT2D eigenvalue weighted by molar-refractivity contribution is 6.08. The number of carbonyl (C=O) groups excluding carboxylic acids is 4. The van der Waals surface area contributed by atoms with Crippen LogP contribution in [0.25, 0.3) is 0 Å². The molecular formula is C21H19NO5. The lowest BCUT2D eigenvalue weighted by molar-refractivity contribution is -0.148.